The Balaban J connectivity index is 1.83. The van der Waals surface area contributed by atoms with Crippen LogP contribution in [0.15, 0.2) is 30.3 Å². The predicted octanol–water partition coefficient (Wildman–Crippen LogP) is 2.76. The van der Waals surface area contributed by atoms with Gasteiger partial charge in [0.15, 0.2) is 0 Å². The second-order valence-electron chi connectivity index (χ2n) is 4.50. The van der Waals surface area contributed by atoms with Crippen molar-refractivity contribution in [3.8, 4) is 0 Å². The fourth-order valence-electron chi connectivity index (χ4n) is 1.84. The number of nitrogens with one attached hydrogen (secondary N) is 1. The van der Waals surface area contributed by atoms with E-state index in [1.807, 2.05) is 0 Å². The summed E-state index contributed by atoms with van der Waals surface area (Å²) in [6.45, 7) is 4.84. The molecular weight excluding hydrogens is 198 g/mol. The van der Waals surface area contributed by atoms with Gasteiger partial charge >= 0.3 is 0 Å². The van der Waals surface area contributed by atoms with E-state index >= 15 is 0 Å². The van der Waals surface area contributed by atoms with Crippen LogP contribution in [-0.2, 0) is 4.74 Å². The molecule has 0 saturated heterocycles. The highest BCUT2D eigenvalue weighted by Crippen LogP contribution is 2.29. The van der Waals surface area contributed by atoms with Gasteiger partial charge in [0.2, 0.25) is 0 Å². The van der Waals surface area contributed by atoms with E-state index in [9.17, 15) is 0 Å². The number of likely N-dealkylation sites (N-methyl/N-ethyl adjacent to an activating group) is 1. The summed E-state index contributed by atoms with van der Waals surface area (Å²) in [6, 6.07) is 10.9. The first-order chi connectivity index (χ1) is 7.90. The van der Waals surface area contributed by atoms with Gasteiger partial charge in [-0.3, -0.25) is 0 Å². The Morgan fingerprint density at radius 1 is 1.31 bits per heavy atom. The maximum atomic E-state index is 5.76. The molecule has 1 aromatic carbocycles. The van der Waals surface area contributed by atoms with Crippen LogP contribution in [-0.4, -0.2) is 19.8 Å². The van der Waals surface area contributed by atoms with Crippen molar-refractivity contribution in [2.24, 2.45) is 5.92 Å². The fourth-order valence-corrected chi connectivity index (χ4v) is 1.84. The lowest BCUT2D eigenvalue weighted by Gasteiger charge is -2.18. The van der Waals surface area contributed by atoms with Crippen LogP contribution in [0.2, 0.25) is 0 Å². The molecule has 1 aliphatic carbocycles. The molecule has 0 amide bonds. The zero-order chi connectivity index (χ0) is 11.2. The SMILES string of the molecule is CCNC(COCC1CC1)c1ccccc1. The van der Waals surface area contributed by atoms with Crippen molar-refractivity contribution in [1.29, 1.82) is 0 Å². The van der Waals surface area contributed by atoms with Gasteiger partial charge in [-0.25, -0.2) is 0 Å². The summed E-state index contributed by atoms with van der Waals surface area (Å²) in [5.41, 5.74) is 1.32. The number of ether oxygens (including phenoxy) is 1. The second kappa shape index (κ2) is 6.02. The van der Waals surface area contributed by atoms with E-state index in [0.29, 0.717) is 6.04 Å². The lowest BCUT2D eigenvalue weighted by atomic mass is 10.1. The van der Waals surface area contributed by atoms with E-state index in [2.05, 4.69) is 42.6 Å². The average Bonchev–Trinajstić information content (AvgIpc) is 3.13. The standard InChI is InChI=1S/C14H21NO/c1-2-15-14(11-16-10-12-8-9-12)13-6-4-3-5-7-13/h3-7,12,14-15H,2,8-11H2,1H3. The molecule has 2 rings (SSSR count). The van der Waals surface area contributed by atoms with E-state index in [1.54, 1.807) is 0 Å². The summed E-state index contributed by atoms with van der Waals surface area (Å²) in [5, 5.41) is 3.47. The first-order valence-electron chi connectivity index (χ1n) is 6.26. The summed E-state index contributed by atoms with van der Waals surface area (Å²) < 4.78 is 5.76. The third-order valence-corrected chi connectivity index (χ3v) is 2.99. The van der Waals surface area contributed by atoms with Crippen molar-refractivity contribution >= 4 is 0 Å². The summed E-state index contributed by atoms with van der Waals surface area (Å²) in [4.78, 5) is 0. The van der Waals surface area contributed by atoms with Gasteiger partial charge in [0.25, 0.3) is 0 Å². The van der Waals surface area contributed by atoms with Gasteiger partial charge in [0.05, 0.1) is 12.6 Å². The van der Waals surface area contributed by atoms with Crippen LogP contribution in [0.5, 0.6) is 0 Å². The van der Waals surface area contributed by atoms with Crippen LogP contribution >= 0.6 is 0 Å². The first-order valence-corrected chi connectivity index (χ1v) is 6.26. The second-order valence-corrected chi connectivity index (χ2v) is 4.50. The molecule has 0 aromatic heterocycles. The van der Waals surface area contributed by atoms with Crippen molar-refractivity contribution in [1.82, 2.24) is 5.32 Å². The third-order valence-electron chi connectivity index (χ3n) is 2.99. The maximum absolute atomic E-state index is 5.76. The molecular formula is C14H21NO. The van der Waals surface area contributed by atoms with Crippen molar-refractivity contribution in [3.05, 3.63) is 35.9 Å². The number of benzene rings is 1. The van der Waals surface area contributed by atoms with Crippen LogP contribution in [0, 0.1) is 5.92 Å². The van der Waals surface area contributed by atoms with E-state index in [1.165, 1.54) is 18.4 Å². The number of hydrogen-bond acceptors (Lipinski definition) is 2. The highest BCUT2D eigenvalue weighted by molar-refractivity contribution is 5.18. The van der Waals surface area contributed by atoms with Crippen molar-refractivity contribution in [3.63, 3.8) is 0 Å². The van der Waals surface area contributed by atoms with Gasteiger partial charge in [-0.15, -0.1) is 0 Å². The van der Waals surface area contributed by atoms with Crippen molar-refractivity contribution in [2.45, 2.75) is 25.8 Å². The lowest BCUT2D eigenvalue weighted by Crippen LogP contribution is -2.25. The van der Waals surface area contributed by atoms with Gasteiger partial charge < -0.3 is 10.1 Å². The van der Waals surface area contributed by atoms with E-state index in [-0.39, 0.29) is 0 Å². The van der Waals surface area contributed by atoms with Crippen LogP contribution in [0.3, 0.4) is 0 Å². The molecule has 1 atom stereocenters. The molecule has 88 valence electrons. The van der Waals surface area contributed by atoms with Crippen LogP contribution < -0.4 is 5.32 Å². The van der Waals surface area contributed by atoms with Gasteiger partial charge in [-0.1, -0.05) is 37.3 Å². The topological polar surface area (TPSA) is 21.3 Å². The molecule has 0 radical (unpaired) electrons. The van der Waals surface area contributed by atoms with Gasteiger partial charge in [0, 0.05) is 6.61 Å². The molecule has 1 aliphatic rings. The number of rotatable bonds is 7. The maximum Gasteiger partial charge on any atom is 0.0661 e. The number of hydrogen-bond donors (Lipinski definition) is 1. The molecule has 0 aliphatic heterocycles. The summed E-state index contributed by atoms with van der Waals surface area (Å²) in [7, 11) is 0. The van der Waals surface area contributed by atoms with Crippen molar-refractivity contribution < 1.29 is 4.74 Å². The molecule has 1 aromatic rings. The fraction of sp³-hybridized carbons (Fsp3) is 0.571. The molecule has 1 N–H and O–H groups in total. The molecule has 16 heavy (non-hydrogen) atoms. The molecule has 0 spiro atoms. The van der Waals surface area contributed by atoms with Gasteiger partial charge in [-0.05, 0) is 30.9 Å². The summed E-state index contributed by atoms with van der Waals surface area (Å²) >= 11 is 0. The summed E-state index contributed by atoms with van der Waals surface area (Å²) in [5.74, 6) is 0.845. The van der Waals surface area contributed by atoms with Crippen LogP contribution in [0.25, 0.3) is 0 Å². The Morgan fingerprint density at radius 2 is 2.06 bits per heavy atom. The Kier molecular flexibility index (Phi) is 4.37. The Morgan fingerprint density at radius 3 is 2.69 bits per heavy atom. The smallest absolute Gasteiger partial charge is 0.0661 e. The predicted molar refractivity (Wildman–Crippen MR) is 66.4 cm³/mol. The summed E-state index contributed by atoms with van der Waals surface area (Å²) in [6.07, 6.45) is 2.72. The molecule has 2 heteroatoms. The highest BCUT2D eigenvalue weighted by Gasteiger charge is 2.21. The zero-order valence-corrected chi connectivity index (χ0v) is 9.99. The lowest BCUT2D eigenvalue weighted by molar-refractivity contribution is 0.103. The zero-order valence-electron chi connectivity index (χ0n) is 9.99. The van der Waals surface area contributed by atoms with E-state index < -0.39 is 0 Å². The quantitative estimate of drug-likeness (QED) is 0.761. The molecule has 1 saturated carbocycles. The molecule has 0 heterocycles. The average molecular weight is 219 g/mol. The first kappa shape index (κ1) is 11.6. The highest BCUT2D eigenvalue weighted by atomic mass is 16.5. The minimum atomic E-state index is 0.338. The van der Waals surface area contributed by atoms with E-state index in [4.69, 9.17) is 4.74 Å². The van der Waals surface area contributed by atoms with Crippen LogP contribution in [0.1, 0.15) is 31.4 Å². The van der Waals surface area contributed by atoms with Gasteiger partial charge in [-0.2, -0.15) is 0 Å². The monoisotopic (exact) mass is 219 g/mol. The molecule has 1 fully saturated rings. The van der Waals surface area contributed by atoms with E-state index in [0.717, 1.165) is 25.7 Å². The normalized spacial score (nSPS) is 17.3. The Hall–Kier alpha value is -0.860. The largest absolute Gasteiger partial charge is 0.379 e. The minimum absolute atomic E-state index is 0.338. The van der Waals surface area contributed by atoms with Gasteiger partial charge in [0.1, 0.15) is 0 Å². The molecule has 1 unspecified atom stereocenters. The van der Waals surface area contributed by atoms with Crippen LogP contribution in [0.4, 0.5) is 0 Å². The third kappa shape index (κ3) is 3.62. The van der Waals surface area contributed by atoms with Crippen molar-refractivity contribution in [2.75, 3.05) is 19.8 Å². The Bertz CT molecular complexity index is 295. The minimum Gasteiger partial charge on any atom is -0.379 e. The Labute approximate surface area is 98.0 Å². The molecule has 0 bridgehead atoms. The molecule has 2 nitrogen and oxygen atoms in total.